The van der Waals surface area contributed by atoms with E-state index in [9.17, 15) is 8.42 Å². The van der Waals surface area contributed by atoms with Crippen molar-refractivity contribution in [2.45, 2.75) is 25.3 Å². The first kappa shape index (κ1) is 14.5. The van der Waals surface area contributed by atoms with E-state index in [-0.39, 0.29) is 11.8 Å². The van der Waals surface area contributed by atoms with Crippen LogP contribution in [0, 0.1) is 0 Å². The lowest BCUT2D eigenvalue weighted by atomic mass is 10.2. The lowest BCUT2D eigenvalue weighted by molar-refractivity contribution is 0.465. The van der Waals surface area contributed by atoms with Crippen LogP contribution in [0.4, 0.5) is 0 Å². The number of benzene rings is 1. The van der Waals surface area contributed by atoms with Crippen molar-refractivity contribution in [2.75, 3.05) is 25.9 Å². The van der Waals surface area contributed by atoms with Gasteiger partial charge in [0.2, 0.25) is 10.0 Å². The molecule has 1 unspecified atom stereocenters. The van der Waals surface area contributed by atoms with E-state index in [0.29, 0.717) is 6.54 Å². The summed E-state index contributed by atoms with van der Waals surface area (Å²) in [6.45, 7) is 1.48. The zero-order valence-corrected chi connectivity index (χ0v) is 12.2. The first-order chi connectivity index (χ1) is 9.08. The molecule has 1 heterocycles. The van der Waals surface area contributed by atoms with Crippen molar-refractivity contribution in [3.8, 4) is 0 Å². The molecule has 0 aromatic heterocycles. The van der Waals surface area contributed by atoms with E-state index >= 15 is 0 Å². The summed E-state index contributed by atoms with van der Waals surface area (Å²) in [4.78, 5) is 0. The maximum absolute atomic E-state index is 12.2. The Labute approximate surface area is 115 Å². The maximum atomic E-state index is 12.2. The summed E-state index contributed by atoms with van der Waals surface area (Å²) in [5.74, 6) is 0.221. The van der Waals surface area contributed by atoms with Gasteiger partial charge in [0.25, 0.3) is 0 Å². The van der Waals surface area contributed by atoms with E-state index in [1.54, 1.807) is 7.05 Å². The molecule has 106 valence electrons. The van der Waals surface area contributed by atoms with Crippen molar-refractivity contribution in [1.29, 1.82) is 0 Å². The van der Waals surface area contributed by atoms with Gasteiger partial charge >= 0.3 is 0 Å². The molecule has 1 aliphatic rings. The van der Waals surface area contributed by atoms with Crippen LogP contribution in [-0.4, -0.2) is 44.7 Å². The number of likely N-dealkylation sites (N-methyl/N-ethyl adjacent to an activating group) is 1. The van der Waals surface area contributed by atoms with Gasteiger partial charge in [-0.25, -0.2) is 12.7 Å². The Morgan fingerprint density at radius 2 is 2.05 bits per heavy atom. The Balaban J connectivity index is 1.85. The number of rotatable bonds is 6. The molecule has 0 radical (unpaired) electrons. The fourth-order valence-electron chi connectivity index (χ4n) is 2.35. The molecule has 0 saturated carbocycles. The molecular formula is C14H22N2O2S. The monoisotopic (exact) mass is 282 g/mol. The third-order valence-corrected chi connectivity index (χ3v) is 5.56. The quantitative estimate of drug-likeness (QED) is 0.854. The summed E-state index contributed by atoms with van der Waals surface area (Å²) < 4.78 is 25.9. The third kappa shape index (κ3) is 4.30. The van der Waals surface area contributed by atoms with E-state index < -0.39 is 10.0 Å². The van der Waals surface area contributed by atoms with Gasteiger partial charge in [0.1, 0.15) is 0 Å². The highest BCUT2D eigenvalue weighted by Gasteiger charge is 2.25. The maximum Gasteiger partial charge on any atom is 0.215 e. The molecule has 1 aromatic carbocycles. The van der Waals surface area contributed by atoms with Crippen LogP contribution in [0.5, 0.6) is 0 Å². The molecule has 19 heavy (non-hydrogen) atoms. The van der Waals surface area contributed by atoms with Crippen molar-refractivity contribution < 1.29 is 8.42 Å². The average molecular weight is 282 g/mol. The number of nitrogens with one attached hydrogen (secondary N) is 1. The SMILES string of the molecule is CN(CCc1ccccc1)S(=O)(=O)CC1CCCN1. The fourth-order valence-corrected chi connectivity index (χ4v) is 3.77. The molecule has 1 N–H and O–H groups in total. The molecule has 2 rings (SSSR count). The van der Waals surface area contributed by atoms with Gasteiger partial charge in [0.15, 0.2) is 0 Å². The van der Waals surface area contributed by atoms with Crippen LogP contribution in [-0.2, 0) is 16.4 Å². The predicted molar refractivity (Wildman–Crippen MR) is 77.6 cm³/mol. The van der Waals surface area contributed by atoms with Crippen LogP contribution in [0.15, 0.2) is 30.3 Å². The normalized spacial score (nSPS) is 20.0. The Kier molecular flexibility index (Phi) is 4.96. The molecule has 0 bridgehead atoms. The van der Waals surface area contributed by atoms with E-state index in [2.05, 4.69) is 5.32 Å². The lowest BCUT2D eigenvalue weighted by Crippen LogP contribution is -2.38. The second kappa shape index (κ2) is 6.50. The predicted octanol–water partition coefficient (Wildman–Crippen LogP) is 1.24. The molecule has 1 aliphatic heterocycles. The largest absolute Gasteiger partial charge is 0.313 e. The van der Waals surface area contributed by atoms with Crippen LogP contribution in [0.25, 0.3) is 0 Å². The molecular weight excluding hydrogens is 260 g/mol. The number of hydrogen-bond acceptors (Lipinski definition) is 3. The van der Waals surface area contributed by atoms with Crippen LogP contribution in [0.2, 0.25) is 0 Å². The molecule has 0 spiro atoms. The average Bonchev–Trinajstić information content (AvgIpc) is 2.89. The Bertz CT molecular complexity index is 481. The zero-order valence-electron chi connectivity index (χ0n) is 11.4. The van der Waals surface area contributed by atoms with Gasteiger partial charge in [-0.1, -0.05) is 30.3 Å². The summed E-state index contributed by atoms with van der Waals surface area (Å²) >= 11 is 0. The highest BCUT2D eigenvalue weighted by molar-refractivity contribution is 7.89. The van der Waals surface area contributed by atoms with E-state index in [0.717, 1.165) is 25.8 Å². The van der Waals surface area contributed by atoms with Crippen LogP contribution in [0.3, 0.4) is 0 Å². The summed E-state index contributed by atoms with van der Waals surface area (Å²) in [5.41, 5.74) is 1.17. The smallest absolute Gasteiger partial charge is 0.215 e. The standard InChI is InChI=1S/C14H22N2O2S/c1-16(11-9-13-6-3-2-4-7-13)19(17,18)12-14-8-5-10-15-14/h2-4,6-7,14-15H,5,8-12H2,1H3. The fraction of sp³-hybridized carbons (Fsp3) is 0.571. The molecule has 1 aromatic rings. The zero-order chi connectivity index (χ0) is 13.7. The minimum absolute atomic E-state index is 0.129. The van der Waals surface area contributed by atoms with E-state index in [4.69, 9.17) is 0 Å². The van der Waals surface area contributed by atoms with Crippen molar-refractivity contribution >= 4 is 10.0 Å². The Morgan fingerprint density at radius 3 is 2.68 bits per heavy atom. The van der Waals surface area contributed by atoms with E-state index in [1.165, 1.54) is 9.87 Å². The van der Waals surface area contributed by atoms with Gasteiger partial charge in [-0.15, -0.1) is 0 Å². The van der Waals surface area contributed by atoms with Crippen molar-refractivity contribution in [3.63, 3.8) is 0 Å². The van der Waals surface area contributed by atoms with Gasteiger partial charge in [-0.3, -0.25) is 0 Å². The minimum Gasteiger partial charge on any atom is -0.313 e. The Morgan fingerprint density at radius 1 is 1.32 bits per heavy atom. The molecule has 0 aliphatic carbocycles. The second-order valence-corrected chi connectivity index (χ2v) is 7.25. The summed E-state index contributed by atoms with van der Waals surface area (Å²) in [6, 6.07) is 10.1. The number of nitrogens with zero attached hydrogens (tertiary/aromatic N) is 1. The van der Waals surface area contributed by atoms with Gasteiger partial charge in [0, 0.05) is 19.6 Å². The third-order valence-electron chi connectivity index (χ3n) is 3.61. The molecule has 1 saturated heterocycles. The Hall–Kier alpha value is -0.910. The second-order valence-electron chi connectivity index (χ2n) is 5.13. The highest BCUT2D eigenvalue weighted by atomic mass is 32.2. The minimum atomic E-state index is -3.14. The molecule has 4 nitrogen and oxygen atoms in total. The van der Waals surface area contributed by atoms with Gasteiger partial charge < -0.3 is 5.32 Å². The first-order valence-corrected chi connectivity index (χ1v) is 8.40. The van der Waals surface area contributed by atoms with Crippen LogP contribution >= 0.6 is 0 Å². The molecule has 1 atom stereocenters. The van der Waals surface area contributed by atoms with Crippen molar-refractivity contribution in [3.05, 3.63) is 35.9 Å². The summed E-state index contributed by atoms with van der Waals surface area (Å²) in [5, 5.41) is 3.24. The summed E-state index contributed by atoms with van der Waals surface area (Å²) in [6.07, 6.45) is 2.80. The lowest BCUT2D eigenvalue weighted by Gasteiger charge is -2.19. The summed E-state index contributed by atoms with van der Waals surface area (Å²) in [7, 11) is -1.47. The first-order valence-electron chi connectivity index (χ1n) is 6.79. The van der Waals surface area contributed by atoms with Gasteiger partial charge in [-0.2, -0.15) is 0 Å². The van der Waals surface area contributed by atoms with Crippen molar-refractivity contribution in [2.24, 2.45) is 0 Å². The van der Waals surface area contributed by atoms with Gasteiger partial charge in [-0.05, 0) is 31.4 Å². The van der Waals surface area contributed by atoms with Crippen molar-refractivity contribution in [1.82, 2.24) is 9.62 Å². The molecule has 0 amide bonds. The molecule has 5 heteroatoms. The topological polar surface area (TPSA) is 49.4 Å². The van der Waals surface area contributed by atoms with E-state index in [1.807, 2.05) is 30.3 Å². The van der Waals surface area contributed by atoms with Crippen LogP contribution < -0.4 is 5.32 Å². The van der Waals surface area contributed by atoms with Gasteiger partial charge in [0.05, 0.1) is 5.75 Å². The molecule has 1 fully saturated rings. The highest BCUT2D eigenvalue weighted by Crippen LogP contribution is 2.11. The van der Waals surface area contributed by atoms with Crippen LogP contribution in [0.1, 0.15) is 18.4 Å². The number of sulfonamides is 1. The number of hydrogen-bond donors (Lipinski definition) is 1.